The quantitative estimate of drug-likeness (QED) is 0.488. The van der Waals surface area contributed by atoms with Gasteiger partial charge in [-0.25, -0.2) is 4.98 Å². The third-order valence-electron chi connectivity index (χ3n) is 2.84. The van der Waals surface area contributed by atoms with Gasteiger partial charge in [-0.3, -0.25) is 0 Å². The molecule has 5 heteroatoms. The van der Waals surface area contributed by atoms with Gasteiger partial charge in [0.1, 0.15) is 5.01 Å². The summed E-state index contributed by atoms with van der Waals surface area (Å²) in [5.41, 5.74) is 2.77. The van der Waals surface area contributed by atoms with Crippen LogP contribution in [-0.2, 0) is 0 Å². The highest BCUT2D eigenvalue weighted by Crippen LogP contribution is 2.37. The van der Waals surface area contributed by atoms with Crippen LogP contribution >= 0.6 is 50.5 Å². The van der Waals surface area contributed by atoms with Gasteiger partial charge in [0.2, 0.25) is 0 Å². The van der Waals surface area contributed by atoms with E-state index >= 15 is 0 Å². The molecule has 100 valence electrons. The Balaban J connectivity index is 2.07. The van der Waals surface area contributed by atoms with Gasteiger partial charge < -0.3 is 0 Å². The molecule has 1 aromatic heterocycles. The van der Waals surface area contributed by atoms with E-state index in [-0.39, 0.29) is 0 Å². The molecule has 0 fully saturated rings. The van der Waals surface area contributed by atoms with Gasteiger partial charge >= 0.3 is 0 Å². The van der Waals surface area contributed by atoms with Gasteiger partial charge in [-0.15, -0.1) is 11.3 Å². The van der Waals surface area contributed by atoms with Crippen molar-refractivity contribution in [2.75, 3.05) is 0 Å². The first kappa shape index (κ1) is 14.1. The summed E-state index contributed by atoms with van der Waals surface area (Å²) >= 11 is 17.4. The summed E-state index contributed by atoms with van der Waals surface area (Å²) in [6, 6.07) is 13.6. The smallest absolute Gasteiger partial charge is 0.125 e. The van der Waals surface area contributed by atoms with Gasteiger partial charge in [0.05, 0.1) is 15.7 Å². The van der Waals surface area contributed by atoms with Gasteiger partial charge in [-0.1, -0.05) is 69.5 Å². The Morgan fingerprint density at radius 3 is 2.50 bits per heavy atom. The van der Waals surface area contributed by atoms with Gasteiger partial charge in [-0.05, 0) is 12.1 Å². The van der Waals surface area contributed by atoms with Crippen molar-refractivity contribution >= 4 is 50.5 Å². The van der Waals surface area contributed by atoms with E-state index in [1.165, 1.54) is 0 Å². The zero-order valence-corrected chi connectivity index (χ0v) is 14.0. The Morgan fingerprint density at radius 2 is 1.70 bits per heavy atom. The second-order valence-electron chi connectivity index (χ2n) is 4.12. The van der Waals surface area contributed by atoms with Gasteiger partial charge in [-0.2, -0.15) is 0 Å². The maximum Gasteiger partial charge on any atom is 0.125 e. The average Bonchev–Trinajstić information content (AvgIpc) is 2.92. The van der Waals surface area contributed by atoms with Gasteiger partial charge in [0, 0.05) is 21.0 Å². The van der Waals surface area contributed by atoms with Crippen LogP contribution in [0.1, 0.15) is 0 Å². The SMILES string of the molecule is Clc1cccc(-c2csc(-c3ccccc3Br)n2)c1Cl. The fourth-order valence-electron chi connectivity index (χ4n) is 1.86. The lowest BCUT2D eigenvalue weighted by molar-refractivity contribution is 1.40. The number of aromatic nitrogens is 1. The summed E-state index contributed by atoms with van der Waals surface area (Å²) in [6.07, 6.45) is 0. The lowest BCUT2D eigenvalue weighted by Gasteiger charge is -2.02. The van der Waals surface area contributed by atoms with Gasteiger partial charge in [0.15, 0.2) is 0 Å². The third-order valence-corrected chi connectivity index (χ3v) is 5.22. The Bertz CT molecular complexity index is 770. The first-order chi connectivity index (χ1) is 9.66. The minimum absolute atomic E-state index is 0.540. The fourth-order valence-corrected chi connectivity index (χ4v) is 3.72. The summed E-state index contributed by atoms with van der Waals surface area (Å²) in [5.74, 6) is 0. The predicted octanol–water partition coefficient (Wildman–Crippen LogP) is 6.55. The molecule has 0 atom stereocenters. The van der Waals surface area contributed by atoms with Gasteiger partial charge in [0.25, 0.3) is 0 Å². The first-order valence-corrected chi connectivity index (χ1v) is 8.24. The molecule has 0 saturated heterocycles. The van der Waals surface area contributed by atoms with Crippen LogP contribution in [0.2, 0.25) is 10.0 Å². The highest BCUT2D eigenvalue weighted by Gasteiger charge is 2.12. The molecule has 0 radical (unpaired) electrons. The van der Waals surface area contributed by atoms with E-state index in [0.717, 1.165) is 26.3 Å². The molecule has 0 bridgehead atoms. The van der Waals surface area contributed by atoms with Crippen molar-refractivity contribution < 1.29 is 0 Å². The summed E-state index contributed by atoms with van der Waals surface area (Å²) in [4.78, 5) is 4.66. The molecule has 0 aliphatic carbocycles. The molecule has 3 rings (SSSR count). The van der Waals surface area contributed by atoms with Crippen molar-refractivity contribution in [1.82, 2.24) is 4.98 Å². The Labute approximate surface area is 139 Å². The molecule has 0 spiro atoms. The van der Waals surface area contributed by atoms with Crippen LogP contribution in [0.15, 0.2) is 52.3 Å². The molecule has 0 N–H and O–H groups in total. The van der Waals surface area contributed by atoms with Crippen molar-refractivity contribution in [2.45, 2.75) is 0 Å². The minimum atomic E-state index is 0.540. The lowest BCUT2D eigenvalue weighted by Crippen LogP contribution is -1.82. The maximum atomic E-state index is 6.24. The second-order valence-corrected chi connectivity index (χ2v) is 6.62. The molecule has 2 aromatic carbocycles. The molecule has 3 aromatic rings. The van der Waals surface area contributed by atoms with Crippen molar-refractivity contribution in [3.63, 3.8) is 0 Å². The Hall–Kier alpha value is -0.870. The minimum Gasteiger partial charge on any atom is -0.236 e. The zero-order valence-electron chi connectivity index (χ0n) is 10.1. The largest absolute Gasteiger partial charge is 0.236 e. The normalized spacial score (nSPS) is 10.8. The molecule has 0 amide bonds. The van der Waals surface area contributed by atoms with Crippen molar-refractivity contribution in [3.8, 4) is 21.8 Å². The van der Waals surface area contributed by atoms with Crippen LogP contribution in [0.3, 0.4) is 0 Å². The van der Waals surface area contributed by atoms with Crippen LogP contribution in [0.4, 0.5) is 0 Å². The van der Waals surface area contributed by atoms with Crippen LogP contribution in [0.25, 0.3) is 21.8 Å². The Morgan fingerprint density at radius 1 is 0.950 bits per heavy atom. The van der Waals surface area contributed by atoms with Crippen molar-refractivity contribution in [1.29, 1.82) is 0 Å². The fraction of sp³-hybridized carbons (Fsp3) is 0. The summed E-state index contributed by atoms with van der Waals surface area (Å²) in [5, 5.41) is 4.02. The predicted molar refractivity (Wildman–Crippen MR) is 90.7 cm³/mol. The molecule has 1 heterocycles. The van der Waals surface area contributed by atoms with Crippen molar-refractivity contribution in [2.24, 2.45) is 0 Å². The molecule has 0 aliphatic heterocycles. The second kappa shape index (κ2) is 5.86. The van der Waals surface area contributed by atoms with E-state index in [0.29, 0.717) is 10.0 Å². The number of hydrogen-bond acceptors (Lipinski definition) is 2. The molecule has 20 heavy (non-hydrogen) atoms. The maximum absolute atomic E-state index is 6.24. The number of halogens is 3. The molecule has 0 saturated carbocycles. The first-order valence-electron chi connectivity index (χ1n) is 5.81. The third kappa shape index (κ3) is 2.63. The van der Waals surface area contributed by atoms with E-state index in [9.17, 15) is 0 Å². The number of benzene rings is 2. The molecular formula is C15H8BrCl2NS. The molecular weight excluding hydrogens is 377 g/mol. The monoisotopic (exact) mass is 383 g/mol. The standard InChI is InChI=1S/C15H8BrCl2NS/c16-11-6-2-1-4-9(11)15-19-13(8-20-15)10-5-3-7-12(17)14(10)18/h1-8H. The number of rotatable bonds is 2. The zero-order chi connectivity index (χ0) is 14.1. The topological polar surface area (TPSA) is 12.9 Å². The lowest BCUT2D eigenvalue weighted by atomic mass is 10.2. The molecule has 0 aliphatic rings. The van der Waals surface area contributed by atoms with Crippen molar-refractivity contribution in [3.05, 3.63) is 62.4 Å². The molecule has 1 nitrogen and oxygen atoms in total. The van der Waals surface area contributed by atoms with E-state index in [1.54, 1.807) is 17.4 Å². The van der Waals surface area contributed by atoms with Crippen LogP contribution < -0.4 is 0 Å². The molecule has 0 unspecified atom stereocenters. The van der Waals surface area contributed by atoms with E-state index < -0.39 is 0 Å². The van der Waals surface area contributed by atoms with Crippen LogP contribution in [-0.4, -0.2) is 4.98 Å². The number of nitrogens with zero attached hydrogens (tertiary/aromatic N) is 1. The average molecular weight is 385 g/mol. The van der Waals surface area contributed by atoms with E-state index in [1.807, 2.05) is 41.8 Å². The van der Waals surface area contributed by atoms with Crippen LogP contribution in [0.5, 0.6) is 0 Å². The number of hydrogen-bond donors (Lipinski definition) is 0. The van der Waals surface area contributed by atoms with Crippen LogP contribution in [0, 0.1) is 0 Å². The Kier molecular flexibility index (Phi) is 4.13. The summed E-state index contributed by atoms with van der Waals surface area (Å²) in [7, 11) is 0. The number of thiazole rings is 1. The highest BCUT2D eigenvalue weighted by molar-refractivity contribution is 9.10. The van der Waals surface area contributed by atoms with E-state index in [2.05, 4.69) is 20.9 Å². The van der Waals surface area contributed by atoms with E-state index in [4.69, 9.17) is 23.2 Å². The highest BCUT2D eigenvalue weighted by atomic mass is 79.9. The summed E-state index contributed by atoms with van der Waals surface area (Å²) in [6.45, 7) is 0. The summed E-state index contributed by atoms with van der Waals surface area (Å²) < 4.78 is 1.03.